The van der Waals surface area contributed by atoms with E-state index in [1.165, 1.54) is 3.97 Å². The standard InChI is InChI=1S/C25H19ClN4O2S/c26-18-11-13-19(14-12-18)28-16-20-6-4-10-24(29-20)23-17-30(25-22(23)9-5-15-27-25)33(31,32)21-7-2-1-3-8-21/h1-15,17,28H,16H2. The molecule has 0 aliphatic heterocycles. The lowest BCUT2D eigenvalue weighted by molar-refractivity contribution is 0.589. The summed E-state index contributed by atoms with van der Waals surface area (Å²) in [7, 11) is -3.81. The summed E-state index contributed by atoms with van der Waals surface area (Å²) < 4.78 is 27.9. The van der Waals surface area contributed by atoms with Crippen LogP contribution in [0.15, 0.2) is 102 Å². The molecule has 0 saturated carbocycles. The van der Waals surface area contributed by atoms with Crippen LogP contribution in [0, 0.1) is 0 Å². The van der Waals surface area contributed by atoms with Gasteiger partial charge in [-0.3, -0.25) is 4.98 Å². The first-order chi connectivity index (χ1) is 16.0. The minimum atomic E-state index is -3.81. The van der Waals surface area contributed by atoms with Gasteiger partial charge >= 0.3 is 0 Å². The highest BCUT2D eigenvalue weighted by Gasteiger charge is 2.22. The summed E-state index contributed by atoms with van der Waals surface area (Å²) in [6.45, 7) is 0.509. The van der Waals surface area contributed by atoms with Crippen LogP contribution in [0.4, 0.5) is 5.69 Å². The summed E-state index contributed by atoms with van der Waals surface area (Å²) >= 11 is 5.95. The van der Waals surface area contributed by atoms with Crippen LogP contribution in [0.2, 0.25) is 5.02 Å². The van der Waals surface area contributed by atoms with Gasteiger partial charge in [0.2, 0.25) is 0 Å². The molecule has 8 heteroatoms. The average Bonchev–Trinajstić information content (AvgIpc) is 3.25. The molecular weight excluding hydrogens is 456 g/mol. The van der Waals surface area contributed by atoms with Crippen LogP contribution in [0.3, 0.4) is 0 Å². The second-order valence-corrected chi connectivity index (χ2v) is 9.66. The van der Waals surface area contributed by atoms with Crippen molar-refractivity contribution >= 4 is 38.3 Å². The lowest BCUT2D eigenvalue weighted by atomic mass is 10.1. The van der Waals surface area contributed by atoms with E-state index in [1.807, 2.05) is 48.5 Å². The molecule has 6 nitrogen and oxygen atoms in total. The van der Waals surface area contributed by atoms with Crippen LogP contribution < -0.4 is 5.32 Å². The number of anilines is 1. The molecule has 0 amide bonds. The number of nitrogens with one attached hydrogen (secondary N) is 1. The van der Waals surface area contributed by atoms with Crippen molar-refractivity contribution in [1.82, 2.24) is 13.9 Å². The molecule has 0 aliphatic carbocycles. The predicted octanol–water partition coefficient (Wildman–Crippen LogP) is 5.60. The van der Waals surface area contributed by atoms with Crippen molar-refractivity contribution in [3.63, 3.8) is 0 Å². The third-order valence-electron chi connectivity index (χ3n) is 5.23. The van der Waals surface area contributed by atoms with E-state index in [2.05, 4.69) is 10.3 Å². The minimum absolute atomic E-state index is 0.202. The van der Waals surface area contributed by atoms with Crippen molar-refractivity contribution in [1.29, 1.82) is 0 Å². The highest BCUT2D eigenvalue weighted by molar-refractivity contribution is 7.90. The van der Waals surface area contributed by atoms with Gasteiger partial charge in [-0.25, -0.2) is 17.4 Å². The van der Waals surface area contributed by atoms with Gasteiger partial charge in [0.1, 0.15) is 0 Å². The fourth-order valence-corrected chi connectivity index (χ4v) is 5.08. The van der Waals surface area contributed by atoms with Crippen LogP contribution in [0.25, 0.3) is 22.3 Å². The molecule has 0 saturated heterocycles. The molecular formula is C25H19ClN4O2S. The Bertz CT molecular complexity index is 1530. The first-order valence-corrected chi connectivity index (χ1v) is 12.1. The molecule has 5 rings (SSSR count). The zero-order valence-corrected chi connectivity index (χ0v) is 19.0. The van der Waals surface area contributed by atoms with Crippen molar-refractivity contribution in [2.75, 3.05) is 5.32 Å². The van der Waals surface area contributed by atoms with E-state index >= 15 is 0 Å². The van der Waals surface area contributed by atoms with Crippen LogP contribution in [0.5, 0.6) is 0 Å². The number of hydrogen-bond acceptors (Lipinski definition) is 5. The van der Waals surface area contributed by atoms with Gasteiger partial charge < -0.3 is 5.32 Å². The normalized spacial score (nSPS) is 11.5. The number of aromatic nitrogens is 3. The van der Waals surface area contributed by atoms with Gasteiger partial charge in [-0.2, -0.15) is 0 Å². The van der Waals surface area contributed by atoms with Crippen molar-refractivity contribution in [2.45, 2.75) is 11.4 Å². The highest BCUT2D eigenvalue weighted by atomic mass is 35.5. The third-order valence-corrected chi connectivity index (χ3v) is 7.15. The highest BCUT2D eigenvalue weighted by Crippen LogP contribution is 2.31. The Labute approximate surface area is 196 Å². The maximum atomic E-state index is 13.3. The fraction of sp³-hybridized carbons (Fsp3) is 0.0400. The number of benzene rings is 2. The molecule has 0 atom stereocenters. The molecule has 2 aromatic carbocycles. The van der Waals surface area contributed by atoms with Gasteiger partial charge in [0.05, 0.1) is 22.8 Å². The van der Waals surface area contributed by atoms with Gasteiger partial charge in [-0.15, -0.1) is 0 Å². The number of pyridine rings is 2. The summed E-state index contributed by atoms with van der Waals surface area (Å²) in [5.41, 5.74) is 3.48. The molecule has 0 radical (unpaired) electrons. The van der Waals surface area contributed by atoms with Gasteiger partial charge in [0.15, 0.2) is 5.65 Å². The van der Waals surface area contributed by atoms with Crippen molar-refractivity contribution in [3.8, 4) is 11.3 Å². The third kappa shape index (κ3) is 4.20. The molecule has 0 aliphatic rings. The lowest BCUT2D eigenvalue weighted by Crippen LogP contribution is -2.12. The second-order valence-electron chi connectivity index (χ2n) is 7.41. The van der Waals surface area contributed by atoms with Crippen molar-refractivity contribution < 1.29 is 8.42 Å². The molecule has 3 aromatic heterocycles. The van der Waals surface area contributed by atoms with Crippen LogP contribution >= 0.6 is 11.6 Å². The molecule has 0 bridgehead atoms. The number of nitrogens with zero attached hydrogens (tertiary/aromatic N) is 3. The number of hydrogen-bond donors (Lipinski definition) is 1. The minimum Gasteiger partial charge on any atom is -0.379 e. The van der Waals surface area contributed by atoms with Gasteiger partial charge in [-0.1, -0.05) is 35.9 Å². The Balaban J connectivity index is 1.53. The Morgan fingerprint density at radius 2 is 1.67 bits per heavy atom. The second kappa shape index (κ2) is 8.69. The smallest absolute Gasteiger partial charge is 0.269 e. The molecule has 1 N–H and O–H groups in total. The largest absolute Gasteiger partial charge is 0.379 e. The molecule has 164 valence electrons. The van der Waals surface area contributed by atoms with Gasteiger partial charge in [-0.05, 0) is 60.7 Å². The Morgan fingerprint density at radius 1 is 0.879 bits per heavy atom. The molecule has 3 heterocycles. The summed E-state index contributed by atoms with van der Waals surface area (Å²) in [6, 6.07) is 25.1. The monoisotopic (exact) mass is 474 g/mol. The van der Waals surface area contributed by atoms with E-state index < -0.39 is 10.0 Å². The quantitative estimate of drug-likeness (QED) is 0.346. The van der Waals surface area contributed by atoms with Gasteiger partial charge in [0, 0.05) is 34.1 Å². The summed E-state index contributed by atoms with van der Waals surface area (Å²) in [6.07, 6.45) is 3.18. The molecule has 5 aromatic rings. The van der Waals surface area contributed by atoms with E-state index in [0.29, 0.717) is 33.9 Å². The first kappa shape index (κ1) is 21.2. The lowest BCUT2D eigenvalue weighted by Gasteiger charge is -2.07. The van der Waals surface area contributed by atoms with Crippen LogP contribution in [-0.2, 0) is 16.6 Å². The van der Waals surface area contributed by atoms with E-state index in [9.17, 15) is 8.42 Å². The maximum Gasteiger partial charge on any atom is 0.269 e. The Kier molecular flexibility index (Phi) is 5.58. The SMILES string of the molecule is O=S(=O)(c1ccccc1)n1cc(-c2cccc(CNc3ccc(Cl)cc3)n2)c2cccnc21. The number of rotatable bonds is 6. The summed E-state index contributed by atoms with van der Waals surface area (Å²) in [5, 5.41) is 4.71. The van der Waals surface area contributed by atoms with Crippen molar-refractivity contribution in [3.05, 3.63) is 108 Å². The van der Waals surface area contributed by atoms with Crippen molar-refractivity contribution in [2.24, 2.45) is 0 Å². The predicted molar refractivity (Wildman–Crippen MR) is 131 cm³/mol. The van der Waals surface area contributed by atoms with E-state index in [0.717, 1.165) is 11.4 Å². The Hall–Kier alpha value is -3.68. The van der Waals surface area contributed by atoms with E-state index in [1.54, 1.807) is 48.8 Å². The zero-order chi connectivity index (χ0) is 22.8. The van der Waals surface area contributed by atoms with Gasteiger partial charge in [0.25, 0.3) is 10.0 Å². The first-order valence-electron chi connectivity index (χ1n) is 10.2. The topological polar surface area (TPSA) is 76.9 Å². The maximum absolute atomic E-state index is 13.3. The van der Waals surface area contributed by atoms with Crippen LogP contribution in [-0.4, -0.2) is 22.4 Å². The summed E-state index contributed by atoms with van der Waals surface area (Å²) in [4.78, 5) is 9.33. The van der Waals surface area contributed by atoms with Crippen LogP contribution in [0.1, 0.15) is 5.69 Å². The zero-order valence-electron chi connectivity index (χ0n) is 17.4. The average molecular weight is 475 g/mol. The fourth-order valence-electron chi connectivity index (χ4n) is 3.61. The molecule has 0 spiro atoms. The Morgan fingerprint density at radius 3 is 2.45 bits per heavy atom. The summed E-state index contributed by atoms with van der Waals surface area (Å²) in [5.74, 6) is 0. The molecule has 0 unspecified atom stereocenters. The number of halogens is 1. The molecule has 33 heavy (non-hydrogen) atoms. The number of fused-ring (bicyclic) bond motifs is 1. The molecule has 0 fully saturated rings. The van der Waals surface area contributed by atoms with E-state index in [-0.39, 0.29) is 4.90 Å². The van der Waals surface area contributed by atoms with E-state index in [4.69, 9.17) is 16.6 Å².